The average Bonchev–Trinajstić information content (AvgIpc) is 3.04. The van der Waals surface area contributed by atoms with E-state index in [2.05, 4.69) is 64.1 Å². The Kier molecular flexibility index (Phi) is 7.33. The molecule has 5 nitrogen and oxygen atoms in total. The van der Waals surface area contributed by atoms with Gasteiger partial charge in [-0.05, 0) is 39.2 Å². The summed E-state index contributed by atoms with van der Waals surface area (Å²) in [5.41, 5.74) is 4.02. The predicted octanol–water partition coefficient (Wildman–Crippen LogP) is 2.69. The van der Waals surface area contributed by atoms with Gasteiger partial charge in [0.2, 0.25) is 0 Å². The van der Waals surface area contributed by atoms with Gasteiger partial charge in [-0.15, -0.1) is 0 Å². The van der Waals surface area contributed by atoms with Gasteiger partial charge in [0.1, 0.15) is 0 Å². The summed E-state index contributed by atoms with van der Waals surface area (Å²) >= 11 is 0. The van der Waals surface area contributed by atoms with Crippen LogP contribution in [-0.4, -0.2) is 35.1 Å². The Morgan fingerprint density at radius 1 is 1.17 bits per heavy atom. The SMILES string of the molecule is CCNC(=NCCCn1ccnc1)NCCc1cc(C)cc(C)c1. The Morgan fingerprint density at radius 2 is 1.96 bits per heavy atom. The third-order valence-corrected chi connectivity index (χ3v) is 3.74. The highest BCUT2D eigenvalue weighted by Crippen LogP contribution is 2.08. The molecule has 0 atom stereocenters. The molecule has 0 spiro atoms. The fourth-order valence-corrected chi connectivity index (χ4v) is 2.74. The molecule has 130 valence electrons. The molecule has 0 amide bonds. The zero-order valence-corrected chi connectivity index (χ0v) is 15.0. The van der Waals surface area contributed by atoms with Crippen molar-refractivity contribution < 1.29 is 0 Å². The molecular formula is C19H29N5. The molecule has 0 unspecified atom stereocenters. The van der Waals surface area contributed by atoms with Gasteiger partial charge in [0.05, 0.1) is 6.33 Å². The Bertz CT molecular complexity index is 611. The highest BCUT2D eigenvalue weighted by Gasteiger charge is 1.99. The number of rotatable bonds is 8. The largest absolute Gasteiger partial charge is 0.357 e. The quantitative estimate of drug-likeness (QED) is 0.445. The van der Waals surface area contributed by atoms with E-state index >= 15 is 0 Å². The monoisotopic (exact) mass is 327 g/mol. The second-order valence-corrected chi connectivity index (χ2v) is 6.09. The minimum absolute atomic E-state index is 0.803. The minimum Gasteiger partial charge on any atom is -0.357 e. The van der Waals surface area contributed by atoms with Crippen LogP contribution in [0.15, 0.2) is 41.9 Å². The van der Waals surface area contributed by atoms with Crippen LogP contribution in [0.25, 0.3) is 0 Å². The Hall–Kier alpha value is -2.30. The topological polar surface area (TPSA) is 54.2 Å². The summed E-state index contributed by atoms with van der Waals surface area (Å²) < 4.78 is 2.08. The second kappa shape index (κ2) is 9.75. The number of nitrogens with one attached hydrogen (secondary N) is 2. The van der Waals surface area contributed by atoms with E-state index in [-0.39, 0.29) is 0 Å². The number of guanidine groups is 1. The van der Waals surface area contributed by atoms with Crippen LogP contribution < -0.4 is 10.6 Å². The van der Waals surface area contributed by atoms with E-state index in [1.165, 1.54) is 16.7 Å². The second-order valence-electron chi connectivity index (χ2n) is 6.09. The summed E-state index contributed by atoms with van der Waals surface area (Å²) in [7, 11) is 0. The Morgan fingerprint density at radius 3 is 2.62 bits per heavy atom. The summed E-state index contributed by atoms with van der Waals surface area (Å²) in [6.45, 7) is 9.90. The van der Waals surface area contributed by atoms with Crippen LogP contribution in [0.5, 0.6) is 0 Å². The minimum atomic E-state index is 0.803. The number of hydrogen-bond acceptors (Lipinski definition) is 2. The van der Waals surface area contributed by atoms with Crippen molar-refractivity contribution in [2.75, 3.05) is 19.6 Å². The van der Waals surface area contributed by atoms with Crippen molar-refractivity contribution in [2.45, 2.75) is 40.2 Å². The summed E-state index contributed by atoms with van der Waals surface area (Å²) in [6.07, 6.45) is 7.64. The van der Waals surface area contributed by atoms with Gasteiger partial charge in [0, 0.05) is 38.6 Å². The van der Waals surface area contributed by atoms with Crippen LogP contribution in [0.3, 0.4) is 0 Å². The lowest BCUT2D eigenvalue weighted by molar-refractivity contribution is 0.647. The zero-order chi connectivity index (χ0) is 17.2. The van der Waals surface area contributed by atoms with E-state index in [9.17, 15) is 0 Å². The highest BCUT2D eigenvalue weighted by atomic mass is 15.2. The molecule has 0 bridgehead atoms. The van der Waals surface area contributed by atoms with Crippen LogP contribution >= 0.6 is 0 Å². The molecule has 2 N–H and O–H groups in total. The molecule has 0 radical (unpaired) electrons. The van der Waals surface area contributed by atoms with E-state index in [1.807, 2.05) is 18.7 Å². The molecule has 0 aliphatic carbocycles. The number of aliphatic imine (C=N–C) groups is 1. The molecular weight excluding hydrogens is 298 g/mol. The average molecular weight is 327 g/mol. The van der Waals surface area contributed by atoms with E-state index in [0.29, 0.717) is 0 Å². The first-order valence-electron chi connectivity index (χ1n) is 8.72. The van der Waals surface area contributed by atoms with Gasteiger partial charge in [-0.3, -0.25) is 4.99 Å². The molecule has 0 saturated heterocycles. The first-order valence-corrected chi connectivity index (χ1v) is 8.72. The predicted molar refractivity (Wildman–Crippen MR) is 100 cm³/mol. The van der Waals surface area contributed by atoms with Gasteiger partial charge < -0.3 is 15.2 Å². The number of aromatic nitrogens is 2. The third-order valence-electron chi connectivity index (χ3n) is 3.74. The van der Waals surface area contributed by atoms with Gasteiger partial charge in [-0.1, -0.05) is 29.3 Å². The number of aryl methyl sites for hydroxylation is 3. The lowest BCUT2D eigenvalue weighted by Gasteiger charge is -2.12. The van der Waals surface area contributed by atoms with Crippen molar-refractivity contribution in [3.63, 3.8) is 0 Å². The standard InChI is InChI=1S/C19H29N5/c1-4-21-19(22-7-5-10-24-11-9-20-15-24)23-8-6-18-13-16(2)12-17(3)14-18/h9,11-15H,4-8,10H2,1-3H3,(H2,21,22,23). The molecule has 2 aromatic rings. The number of benzene rings is 1. The zero-order valence-electron chi connectivity index (χ0n) is 15.0. The van der Waals surface area contributed by atoms with Crippen molar-refractivity contribution in [3.8, 4) is 0 Å². The molecule has 1 aromatic heterocycles. The van der Waals surface area contributed by atoms with Crippen molar-refractivity contribution in [1.29, 1.82) is 0 Å². The maximum atomic E-state index is 4.64. The van der Waals surface area contributed by atoms with E-state index in [1.54, 1.807) is 0 Å². The van der Waals surface area contributed by atoms with Crippen LogP contribution in [-0.2, 0) is 13.0 Å². The maximum absolute atomic E-state index is 4.64. The van der Waals surface area contributed by atoms with Crippen LogP contribution in [0.1, 0.15) is 30.0 Å². The summed E-state index contributed by atoms with van der Waals surface area (Å²) in [6, 6.07) is 6.72. The fourth-order valence-electron chi connectivity index (χ4n) is 2.74. The molecule has 1 heterocycles. The molecule has 0 aliphatic heterocycles. The molecule has 0 aliphatic rings. The molecule has 2 rings (SSSR count). The van der Waals surface area contributed by atoms with Crippen molar-refractivity contribution in [2.24, 2.45) is 4.99 Å². The number of nitrogens with zero attached hydrogens (tertiary/aromatic N) is 3. The first-order chi connectivity index (χ1) is 11.7. The summed E-state index contributed by atoms with van der Waals surface area (Å²) in [5.74, 6) is 0.896. The van der Waals surface area contributed by atoms with Crippen LogP contribution in [0.4, 0.5) is 0 Å². The summed E-state index contributed by atoms with van der Waals surface area (Å²) in [4.78, 5) is 8.69. The molecule has 1 aromatic carbocycles. The number of hydrogen-bond donors (Lipinski definition) is 2. The molecule has 0 fully saturated rings. The molecule has 24 heavy (non-hydrogen) atoms. The first kappa shape index (κ1) is 18.0. The van der Waals surface area contributed by atoms with Crippen LogP contribution in [0, 0.1) is 13.8 Å². The summed E-state index contributed by atoms with van der Waals surface area (Å²) in [5, 5.41) is 6.73. The molecule has 5 heteroatoms. The van der Waals surface area contributed by atoms with E-state index in [0.717, 1.165) is 45.0 Å². The molecule has 0 saturated carbocycles. The van der Waals surface area contributed by atoms with Crippen LogP contribution in [0.2, 0.25) is 0 Å². The fraction of sp³-hybridized carbons (Fsp3) is 0.474. The number of imidazole rings is 1. The van der Waals surface area contributed by atoms with Crippen molar-refractivity contribution in [1.82, 2.24) is 20.2 Å². The Labute approximate surface area is 145 Å². The van der Waals surface area contributed by atoms with E-state index in [4.69, 9.17) is 0 Å². The van der Waals surface area contributed by atoms with Gasteiger partial charge in [-0.25, -0.2) is 4.98 Å². The van der Waals surface area contributed by atoms with Crippen molar-refractivity contribution >= 4 is 5.96 Å². The van der Waals surface area contributed by atoms with E-state index < -0.39 is 0 Å². The van der Waals surface area contributed by atoms with Gasteiger partial charge in [0.15, 0.2) is 5.96 Å². The van der Waals surface area contributed by atoms with Gasteiger partial charge in [-0.2, -0.15) is 0 Å². The van der Waals surface area contributed by atoms with Crippen molar-refractivity contribution in [3.05, 3.63) is 53.6 Å². The third kappa shape index (κ3) is 6.44. The lowest BCUT2D eigenvalue weighted by atomic mass is 10.1. The maximum Gasteiger partial charge on any atom is 0.191 e. The smallest absolute Gasteiger partial charge is 0.191 e. The van der Waals surface area contributed by atoms with Gasteiger partial charge in [0.25, 0.3) is 0 Å². The van der Waals surface area contributed by atoms with Gasteiger partial charge >= 0.3 is 0 Å². The Balaban J connectivity index is 1.76. The highest BCUT2D eigenvalue weighted by molar-refractivity contribution is 5.79. The lowest BCUT2D eigenvalue weighted by Crippen LogP contribution is -2.38. The normalized spacial score (nSPS) is 11.5.